The van der Waals surface area contributed by atoms with Gasteiger partial charge in [0.25, 0.3) is 0 Å². The molecule has 316 valence electrons. The van der Waals surface area contributed by atoms with Crippen LogP contribution in [0.5, 0.6) is 0 Å². The molecular formula is C45H83NO8. The molecule has 0 heterocycles. The fraction of sp³-hybridized carbons (Fsp3) is 0.844. The molecule has 0 aliphatic rings. The first-order valence-corrected chi connectivity index (χ1v) is 21.5. The molecule has 9 nitrogen and oxygen atoms in total. The van der Waals surface area contributed by atoms with Crippen molar-refractivity contribution in [2.75, 3.05) is 47.1 Å². The lowest BCUT2D eigenvalue weighted by Gasteiger charge is -2.36. The molecule has 9 heteroatoms. The Bertz CT molecular complexity index is 938. The maximum absolute atomic E-state index is 13.2. The average molecular weight is 766 g/mol. The normalized spacial score (nSPS) is 12.3. The van der Waals surface area contributed by atoms with Crippen molar-refractivity contribution in [3.05, 3.63) is 24.3 Å². The van der Waals surface area contributed by atoms with E-state index in [4.69, 9.17) is 23.7 Å². The molecule has 0 radical (unpaired) electrons. The molecule has 0 amide bonds. The summed E-state index contributed by atoms with van der Waals surface area (Å²) in [7, 11) is 4.17. The predicted octanol–water partition coefficient (Wildman–Crippen LogP) is 12.6. The highest BCUT2D eigenvalue weighted by molar-refractivity contribution is 5.70. The summed E-state index contributed by atoms with van der Waals surface area (Å²) in [4.78, 5) is 39.2. The molecule has 0 spiro atoms. The van der Waals surface area contributed by atoms with Crippen molar-refractivity contribution in [1.82, 2.24) is 4.90 Å². The fourth-order valence-corrected chi connectivity index (χ4v) is 7.18. The molecule has 0 aromatic rings. The van der Waals surface area contributed by atoms with Gasteiger partial charge in [-0.15, -0.1) is 0 Å². The summed E-state index contributed by atoms with van der Waals surface area (Å²) in [5.41, 5.74) is -0.0821. The Labute approximate surface area is 331 Å². The van der Waals surface area contributed by atoms with Crippen LogP contribution >= 0.6 is 0 Å². The topological polar surface area (TPSA) is 101 Å². The predicted molar refractivity (Wildman–Crippen MR) is 222 cm³/mol. The lowest BCUT2D eigenvalue weighted by atomic mass is 9.73. The zero-order valence-corrected chi connectivity index (χ0v) is 36.2. The molecule has 0 rings (SSSR count). The van der Waals surface area contributed by atoms with Gasteiger partial charge < -0.3 is 28.6 Å². The van der Waals surface area contributed by atoms with Crippen molar-refractivity contribution < 1.29 is 38.1 Å². The third-order valence-electron chi connectivity index (χ3n) is 9.28. The summed E-state index contributed by atoms with van der Waals surface area (Å²) in [6.45, 7) is 15.4. The Morgan fingerprint density at radius 2 is 1.00 bits per heavy atom. The smallest absolute Gasteiger partial charge is 0.462 e. The van der Waals surface area contributed by atoms with E-state index in [2.05, 4.69) is 72.7 Å². The van der Waals surface area contributed by atoms with Gasteiger partial charge in [0.05, 0.1) is 19.6 Å². The first-order valence-electron chi connectivity index (χ1n) is 21.5. The summed E-state index contributed by atoms with van der Waals surface area (Å²) in [5.74, 6) is -0.123. The Balaban J connectivity index is 4.57. The van der Waals surface area contributed by atoms with Crippen LogP contribution in [-0.2, 0) is 28.5 Å². The van der Waals surface area contributed by atoms with Crippen LogP contribution in [-0.4, -0.2) is 76.4 Å². The molecule has 0 N–H and O–H groups in total. The van der Waals surface area contributed by atoms with E-state index in [9.17, 15) is 14.4 Å². The van der Waals surface area contributed by atoms with E-state index in [1.807, 2.05) is 12.2 Å². The zero-order valence-electron chi connectivity index (χ0n) is 36.2. The van der Waals surface area contributed by atoms with E-state index >= 15 is 0 Å². The van der Waals surface area contributed by atoms with E-state index in [1.165, 1.54) is 51.4 Å². The molecule has 0 aliphatic carbocycles. The summed E-state index contributed by atoms with van der Waals surface area (Å²) < 4.78 is 26.8. The second-order valence-corrected chi connectivity index (χ2v) is 16.9. The maximum atomic E-state index is 13.2. The molecule has 0 saturated heterocycles. The summed E-state index contributed by atoms with van der Waals surface area (Å²) in [6.07, 6.45) is 28.5. The first-order chi connectivity index (χ1) is 25.8. The van der Waals surface area contributed by atoms with Gasteiger partial charge in [0.15, 0.2) is 0 Å². The van der Waals surface area contributed by atoms with Crippen LogP contribution in [0.15, 0.2) is 24.3 Å². The first kappa shape index (κ1) is 51.5. The number of hydrogen-bond acceptors (Lipinski definition) is 9. The van der Waals surface area contributed by atoms with Crippen molar-refractivity contribution in [2.45, 2.75) is 189 Å². The number of esters is 1. The van der Waals surface area contributed by atoms with E-state index in [1.54, 1.807) is 0 Å². The molecule has 0 aliphatic heterocycles. The van der Waals surface area contributed by atoms with Crippen molar-refractivity contribution in [2.24, 2.45) is 10.8 Å². The highest BCUT2D eigenvalue weighted by Crippen LogP contribution is 2.37. The highest BCUT2D eigenvalue weighted by atomic mass is 16.7. The number of carbonyl (C=O) groups is 3. The standard InChI is InChI=1S/C45H83NO8/c1-9-11-13-15-17-21-27-33-50-42(48)52-35-29-23-19-25-31-40(54-41(47)37-44(3,4)38-45(5,6)39-46(7)8)32-26-20-24-30-36-53-43(49)51-34-28-22-18-16-14-12-10-2/h21-22,27-28,40H,9-20,23-26,29-39H2,1-8H3/b27-21-,28-22-. The molecular weight excluding hydrogens is 682 g/mol. The van der Waals surface area contributed by atoms with Gasteiger partial charge in [-0.25, -0.2) is 9.59 Å². The van der Waals surface area contributed by atoms with E-state index in [-0.39, 0.29) is 36.1 Å². The quantitative estimate of drug-likeness (QED) is 0.0270. The fourth-order valence-electron chi connectivity index (χ4n) is 7.18. The Hall–Kier alpha value is -2.55. The monoisotopic (exact) mass is 766 g/mol. The zero-order chi connectivity index (χ0) is 40.3. The van der Waals surface area contributed by atoms with Crippen LogP contribution in [0.25, 0.3) is 0 Å². The number of rotatable bonds is 35. The van der Waals surface area contributed by atoms with Gasteiger partial charge in [-0.1, -0.05) is 130 Å². The minimum atomic E-state index is -0.617. The van der Waals surface area contributed by atoms with Crippen LogP contribution in [0.3, 0.4) is 0 Å². The highest BCUT2D eigenvalue weighted by Gasteiger charge is 2.32. The second-order valence-electron chi connectivity index (χ2n) is 16.9. The van der Waals surface area contributed by atoms with E-state index < -0.39 is 12.3 Å². The Morgan fingerprint density at radius 3 is 1.44 bits per heavy atom. The van der Waals surface area contributed by atoms with Crippen molar-refractivity contribution in [1.29, 1.82) is 0 Å². The minimum Gasteiger partial charge on any atom is -0.462 e. The lowest BCUT2D eigenvalue weighted by Crippen LogP contribution is -2.34. The molecule has 0 saturated carbocycles. The van der Waals surface area contributed by atoms with Gasteiger partial charge >= 0.3 is 18.3 Å². The van der Waals surface area contributed by atoms with Crippen molar-refractivity contribution in [3.8, 4) is 0 Å². The number of nitrogens with zero attached hydrogens (tertiary/aromatic N) is 1. The van der Waals surface area contributed by atoms with Crippen LogP contribution in [0.4, 0.5) is 9.59 Å². The number of hydrogen-bond donors (Lipinski definition) is 0. The largest absolute Gasteiger partial charge is 0.508 e. The van der Waals surface area contributed by atoms with E-state index in [0.717, 1.165) is 90.0 Å². The third-order valence-corrected chi connectivity index (χ3v) is 9.28. The molecule has 0 unspecified atom stereocenters. The summed E-state index contributed by atoms with van der Waals surface area (Å²) in [6, 6.07) is 0. The van der Waals surface area contributed by atoms with Crippen LogP contribution in [0.2, 0.25) is 0 Å². The third kappa shape index (κ3) is 35.2. The molecule has 0 aromatic carbocycles. The minimum absolute atomic E-state index is 0.0861. The number of allylic oxidation sites excluding steroid dienone is 2. The number of unbranched alkanes of at least 4 members (excludes halogenated alkanes) is 14. The molecule has 0 fully saturated rings. The van der Waals surface area contributed by atoms with Gasteiger partial charge in [0.2, 0.25) is 0 Å². The SMILES string of the molecule is CCCCCC/C=C\COC(=O)OCCCCCCC(CCCCCCOC(=O)OC/C=C\CCCCCC)OC(=O)CC(C)(C)CC(C)(C)CN(C)C. The number of ether oxygens (including phenoxy) is 5. The maximum Gasteiger partial charge on any atom is 0.508 e. The Kier molecular flexibility index (Phi) is 32.2. The van der Waals surface area contributed by atoms with E-state index in [0.29, 0.717) is 19.6 Å². The van der Waals surface area contributed by atoms with Crippen molar-refractivity contribution >= 4 is 18.3 Å². The lowest BCUT2D eigenvalue weighted by molar-refractivity contribution is -0.152. The average Bonchev–Trinajstić information content (AvgIpc) is 3.08. The second kappa shape index (κ2) is 33.8. The Morgan fingerprint density at radius 1 is 0.556 bits per heavy atom. The number of carbonyl (C=O) groups excluding carboxylic acids is 3. The molecule has 0 aromatic heterocycles. The van der Waals surface area contributed by atoms with Crippen LogP contribution in [0.1, 0.15) is 183 Å². The van der Waals surface area contributed by atoms with Crippen LogP contribution < -0.4 is 0 Å². The van der Waals surface area contributed by atoms with Crippen molar-refractivity contribution in [3.63, 3.8) is 0 Å². The summed E-state index contributed by atoms with van der Waals surface area (Å²) in [5, 5.41) is 0. The van der Waals surface area contributed by atoms with Gasteiger partial charge in [0, 0.05) is 6.54 Å². The molecule has 0 bridgehead atoms. The molecule has 54 heavy (non-hydrogen) atoms. The van der Waals surface area contributed by atoms with Gasteiger partial charge in [0.1, 0.15) is 19.3 Å². The van der Waals surface area contributed by atoms with Gasteiger partial charge in [-0.3, -0.25) is 4.79 Å². The van der Waals surface area contributed by atoms with Crippen LogP contribution in [0, 0.1) is 10.8 Å². The van der Waals surface area contributed by atoms with Gasteiger partial charge in [-0.05, 0) is 95.6 Å². The summed E-state index contributed by atoms with van der Waals surface area (Å²) >= 11 is 0. The molecule has 0 atom stereocenters. The van der Waals surface area contributed by atoms with Gasteiger partial charge in [-0.2, -0.15) is 0 Å².